The van der Waals surface area contributed by atoms with Crippen molar-refractivity contribution in [3.05, 3.63) is 59.4 Å². The Balaban J connectivity index is 1.34. The molecular formula is C29H35FN4O3. The molecule has 0 bridgehead atoms. The Morgan fingerprint density at radius 1 is 0.730 bits per heavy atom. The zero-order chi connectivity index (χ0) is 25.8. The smallest absolute Gasteiger partial charge is 0.256 e. The number of carbonyl (C=O) groups is 3. The summed E-state index contributed by atoms with van der Waals surface area (Å²) in [6.07, 6.45) is 7.12. The second kappa shape index (κ2) is 11.3. The van der Waals surface area contributed by atoms with Gasteiger partial charge < -0.3 is 20.0 Å². The van der Waals surface area contributed by atoms with Crippen LogP contribution in [0.2, 0.25) is 0 Å². The van der Waals surface area contributed by atoms with E-state index in [0.717, 1.165) is 63.7 Å². The summed E-state index contributed by atoms with van der Waals surface area (Å²) in [5.74, 6) is -0.772. The molecule has 0 aromatic heterocycles. The van der Waals surface area contributed by atoms with Crippen LogP contribution >= 0.6 is 0 Å². The first-order valence-corrected chi connectivity index (χ1v) is 13.5. The van der Waals surface area contributed by atoms with Gasteiger partial charge in [0.2, 0.25) is 5.91 Å². The quantitative estimate of drug-likeness (QED) is 0.646. The van der Waals surface area contributed by atoms with Crippen LogP contribution in [0.15, 0.2) is 42.5 Å². The van der Waals surface area contributed by atoms with Crippen molar-refractivity contribution in [3.8, 4) is 0 Å². The monoisotopic (exact) mass is 506 g/mol. The predicted molar refractivity (Wildman–Crippen MR) is 141 cm³/mol. The molecule has 8 heteroatoms. The highest BCUT2D eigenvalue weighted by Gasteiger charge is 2.29. The van der Waals surface area contributed by atoms with Crippen molar-refractivity contribution in [2.75, 3.05) is 49.5 Å². The Kier molecular flexibility index (Phi) is 7.72. The summed E-state index contributed by atoms with van der Waals surface area (Å²) < 4.78 is 14.2. The van der Waals surface area contributed by atoms with Crippen molar-refractivity contribution >= 4 is 29.1 Å². The number of nitrogens with one attached hydrogen (secondary N) is 1. The number of piperidine rings is 1. The number of hydrogen-bond acceptors (Lipinski definition) is 4. The van der Waals surface area contributed by atoms with Gasteiger partial charge in [-0.2, -0.15) is 0 Å². The molecule has 0 atom stereocenters. The summed E-state index contributed by atoms with van der Waals surface area (Å²) in [6, 6.07) is 11.6. The number of likely N-dealkylation sites (tertiary alicyclic amines) is 1. The number of anilines is 2. The number of rotatable bonds is 5. The Morgan fingerprint density at radius 3 is 2.08 bits per heavy atom. The van der Waals surface area contributed by atoms with Gasteiger partial charge in [0.25, 0.3) is 11.8 Å². The van der Waals surface area contributed by atoms with Gasteiger partial charge in [-0.15, -0.1) is 0 Å². The van der Waals surface area contributed by atoms with Crippen LogP contribution in [-0.4, -0.2) is 66.8 Å². The maximum atomic E-state index is 14.2. The molecule has 37 heavy (non-hydrogen) atoms. The zero-order valence-corrected chi connectivity index (χ0v) is 21.3. The topological polar surface area (TPSA) is 73.0 Å². The number of hydrogen-bond donors (Lipinski definition) is 1. The number of piperazine rings is 1. The number of benzene rings is 2. The van der Waals surface area contributed by atoms with Gasteiger partial charge in [-0.3, -0.25) is 14.4 Å². The highest BCUT2D eigenvalue weighted by Crippen LogP contribution is 2.30. The van der Waals surface area contributed by atoms with Gasteiger partial charge in [0.15, 0.2) is 0 Å². The van der Waals surface area contributed by atoms with E-state index in [-0.39, 0.29) is 29.2 Å². The lowest BCUT2D eigenvalue weighted by atomic mass is 10.0. The Bertz CT molecular complexity index is 1150. The van der Waals surface area contributed by atoms with E-state index in [1.54, 1.807) is 17.0 Å². The highest BCUT2D eigenvalue weighted by molar-refractivity contribution is 6.02. The van der Waals surface area contributed by atoms with E-state index >= 15 is 0 Å². The fourth-order valence-corrected chi connectivity index (χ4v) is 5.72. The second-order valence-electron chi connectivity index (χ2n) is 10.3. The van der Waals surface area contributed by atoms with Crippen LogP contribution in [0.1, 0.15) is 65.7 Å². The molecular weight excluding hydrogens is 471 g/mol. The molecule has 0 radical (unpaired) electrons. The Hall–Kier alpha value is -3.42. The van der Waals surface area contributed by atoms with Crippen molar-refractivity contribution in [3.63, 3.8) is 0 Å². The number of carbonyl (C=O) groups excluding carboxylic acids is 3. The summed E-state index contributed by atoms with van der Waals surface area (Å²) in [5, 5.41) is 3.04. The summed E-state index contributed by atoms with van der Waals surface area (Å²) in [6.45, 7) is 3.42. The van der Waals surface area contributed by atoms with Gasteiger partial charge in [-0.05, 0) is 62.4 Å². The lowest BCUT2D eigenvalue weighted by Gasteiger charge is -2.37. The molecule has 196 valence electrons. The van der Waals surface area contributed by atoms with E-state index in [4.69, 9.17) is 0 Å². The fourth-order valence-electron chi connectivity index (χ4n) is 5.72. The van der Waals surface area contributed by atoms with Gasteiger partial charge >= 0.3 is 0 Å². The minimum absolute atomic E-state index is 0.0171. The van der Waals surface area contributed by atoms with Gasteiger partial charge in [0.05, 0.1) is 11.1 Å². The first-order valence-electron chi connectivity index (χ1n) is 13.5. The van der Waals surface area contributed by atoms with Crippen LogP contribution in [0, 0.1) is 11.7 Å². The molecule has 5 rings (SSSR count). The molecule has 3 aliphatic rings. The second-order valence-corrected chi connectivity index (χ2v) is 10.3. The van der Waals surface area contributed by atoms with E-state index < -0.39 is 5.82 Å². The molecule has 7 nitrogen and oxygen atoms in total. The van der Waals surface area contributed by atoms with Gasteiger partial charge in [-0.25, -0.2) is 4.39 Å². The molecule has 1 N–H and O–H groups in total. The summed E-state index contributed by atoms with van der Waals surface area (Å²) in [7, 11) is 0. The molecule has 2 heterocycles. The van der Waals surface area contributed by atoms with Gasteiger partial charge in [0, 0.05) is 56.6 Å². The average Bonchev–Trinajstić information content (AvgIpc) is 3.49. The lowest BCUT2D eigenvalue weighted by molar-refractivity contribution is -0.119. The third-order valence-corrected chi connectivity index (χ3v) is 7.88. The summed E-state index contributed by atoms with van der Waals surface area (Å²) in [5.41, 5.74) is 2.13. The third-order valence-electron chi connectivity index (χ3n) is 7.88. The molecule has 2 aliphatic heterocycles. The number of halogens is 1. The van der Waals surface area contributed by atoms with Crippen LogP contribution in [0.4, 0.5) is 15.8 Å². The van der Waals surface area contributed by atoms with Crippen molar-refractivity contribution in [1.29, 1.82) is 0 Å². The lowest BCUT2D eigenvalue weighted by Crippen LogP contribution is -2.49. The largest absolute Gasteiger partial charge is 0.367 e. The molecule has 3 amide bonds. The summed E-state index contributed by atoms with van der Waals surface area (Å²) >= 11 is 0. The molecule has 3 fully saturated rings. The van der Waals surface area contributed by atoms with Crippen molar-refractivity contribution < 1.29 is 18.8 Å². The predicted octanol–water partition coefficient (Wildman–Crippen LogP) is 4.54. The Morgan fingerprint density at radius 2 is 1.38 bits per heavy atom. The van der Waals surface area contributed by atoms with E-state index in [9.17, 15) is 18.8 Å². The van der Waals surface area contributed by atoms with Crippen LogP contribution in [0.5, 0.6) is 0 Å². The third kappa shape index (κ3) is 5.63. The first-order chi connectivity index (χ1) is 18.0. The van der Waals surface area contributed by atoms with Gasteiger partial charge in [-0.1, -0.05) is 25.0 Å². The maximum absolute atomic E-state index is 14.2. The van der Waals surface area contributed by atoms with E-state index in [1.807, 2.05) is 23.1 Å². The minimum atomic E-state index is -0.514. The van der Waals surface area contributed by atoms with E-state index in [0.29, 0.717) is 37.4 Å². The fraction of sp³-hybridized carbons (Fsp3) is 0.483. The van der Waals surface area contributed by atoms with Gasteiger partial charge in [0.1, 0.15) is 5.82 Å². The van der Waals surface area contributed by atoms with E-state index in [2.05, 4.69) is 10.2 Å². The van der Waals surface area contributed by atoms with E-state index in [1.165, 1.54) is 12.1 Å². The molecule has 0 unspecified atom stereocenters. The molecule has 2 saturated heterocycles. The molecule has 2 aromatic carbocycles. The molecule has 1 aliphatic carbocycles. The molecule has 2 aromatic rings. The van der Waals surface area contributed by atoms with Crippen molar-refractivity contribution in [1.82, 2.24) is 9.80 Å². The zero-order valence-electron chi connectivity index (χ0n) is 21.3. The molecule has 1 saturated carbocycles. The van der Waals surface area contributed by atoms with Crippen molar-refractivity contribution in [2.45, 2.75) is 44.9 Å². The average molecular weight is 507 g/mol. The summed E-state index contributed by atoms with van der Waals surface area (Å²) in [4.78, 5) is 44.9. The van der Waals surface area contributed by atoms with Crippen LogP contribution in [0.3, 0.4) is 0 Å². The first kappa shape index (κ1) is 25.2. The molecule has 0 spiro atoms. The standard InChI is InChI=1S/C29H35FN4O3/c30-25-11-5-4-10-23(25)28(36)34-18-16-32(17-19-34)26-13-12-22(31-27(35)21-8-2-3-9-21)20-24(26)29(37)33-14-6-1-7-15-33/h4-5,10-13,20-21H,1-3,6-9,14-19H2,(H,31,35). The highest BCUT2D eigenvalue weighted by atomic mass is 19.1. The SMILES string of the molecule is O=C(Nc1ccc(N2CCN(C(=O)c3ccccc3F)CC2)c(C(=O)N2CCCCC2)c1)C1CCCC1. The normalized spacial score (nSPS) is 18.7. The Labute approximate surface area is 217 Å². The maximum Gasteiger partial charge on any atom is 0.256 e. The number of amides is 3. The van der Waals surface area contributed by atoms with Crippen LogP contribution < -0.4 is 10.2 Å². The van der Waals surface area contributed by atoms with Crippen LogP contribution in [0.25, 0.3) is 0 Å². The van der Waals surface area contributed by atoms with Crippen molar-refractivity contribution in [2.24, 2.45) is 5.92 Å². The number of nitrogens with zero attached hydrogens (tertiary/aromatic N) is 3. The minimum Gasteiger partial charge on any atom is -0.367 e. The van der Waals surface area contributed by atoms with Crippen LogP contribution in [-0.2, 0) is 4.79 Å².